The van der Waals surface area contributed by atoms with Crippen molar-refractivity contribution in [2.45, 2.75) is 11.0 Å². The SMILES string of the molecule is Clc1ccc(-c2nnc(SCc3c(Cl)cccc3Cl)o2)cc1. The molecule has 1 aromatic heterocycles. The summed E-state index contributed by atoms with van der Waals surface area (Å²) in [4.78, 5) is 0. The Hall–Kier alpha value is -1.20. The van der Waals surface area contributed by atoms with Crippen molar-refractivity contribution in [1.29, 1.82) is 0 Å². The highest BCUT2D eigenvalue weighted by Crippen LogP contribution is 2.32. The number of halogens is 3. The molecule has 0 atom stereocenters. The third-order valence-electron chi connectivity index (χ3n) is 2.90. The van der Waals surface area contributed by atoms with Gasteiger partial charge in [0.25, 0.3) is 5.22 Å². The molecular weight excluding hydrogens is 363 g/mol. The van der Waals surface area contributed by atoms with E-state index in [2.05, 4.69) is 10.2 Å². The van der Waals surface area contributed by atoms with Gasteiger partial charge in [-0.2, -0.15) is 0 Å². The maximum atomic E-state index is 6.13. The summed E-state index contributed by atoms with van der Waals surface area (Å²) in [5.74, 6) is 1.00. The predicted octanol–water partition coefficient (Wildman–Crippen LogP) is 5.99. The fraction of sp³-hybridized carbons (Fsp3) is 0.0667. The van der Waals surface area contributed by atoms with Crippen molar-refractivity contribution in [2.24, 2.45) is 0 Å². The molecule has 0 radical (unpaired) electrons. The highest BCUT2D eigenvalue weighted by atomic mass is 35.5. The Bertz CT molecular complexity index is 769. The first-order chi connectivity index (χ1) is 10.6. The first-order valence-corrected chi connectivity index (χ1v) is 8.40. The molecule has 3 aromatic rings. The van der Waals surface area contributed by atoms with Crippen LogP contribution in [-0.4, -0.2) is 10.2 Å². The van der Waals surface area contributed by atoms with Crippen LogP contribution in [0.3, 0.4) is 0 Å². The number of nitrogens with zero attached hydrogens (tertiary/aromatic N) is 2. The molecule has 0 bridgehead atoms. The molecular formula is C15H9Cl3N2OS. The zero-order chi connectivity index (χ0) is 15.5. The Morgan fingerprint density at radius 3 is 2.27 bits per heavy atom. The molecule has 0 saturated heterocycles. The number of benzene rings is 2. The van der Waals surface area contributed by atoms with Crippen LogP contribution >= 0.6 is 46.6 Å². The monoisotopic (exact) mass is 370 g/mol. The van der Waals surface area contributed by atoms with Gasteiger partial charge in [0, 0.05) is 26.4 Å². The number of aromatic nitrogens is 2. The average molecular weight is 372 g/mol. The van der Waals surface area contributed by atoms with Crippen molar-refractivity contribution in [3.8, 4) is 11.5 Å². The molecule has 0 fully saturated rings. The number of rotatable bonds is 4. The maximum Gasteiger partial charge on any atom is 0.277 e. The zero-order valence-corrected chi connectivity index (χ0v) is 14.2. The van der Waals surface area contributed by atoms with E-state index in [-0.39, 0.29) is 0 Å². The standard InChI is InChI=1S/C15H9Cl3N2OS/c16-10-6-4-9(5-7-10)14-19-20-15(21-14)22-8-11-12(17)2-1-3-13(11)18/h1-7H,8H2. The fourth-order valence-corrected chi connectivity index (χ4v) is 3.41. The van der Waals surface area contributed by atoms with Gasteiger partial charge in [-0.05, 0) is 42.0 Å². The Balaban J connectivity index is 1.73. The van der Waals surface area contributed by atoms with Gasteiger partial charge < -0.3 is 4.42 Å². The summed E-state index contributed by atoms with van der Waals surface area (Å²) in [7, 11) is 0. The summed E-state index contributed by atoms with van der Waals surface area (Å²) >= 11 is 19.5. The van der Waals surface area contributed by atoms with Gasteiger partial charge in [0.05, 0.1) is 0 Å². The van der Waals surface area contributed by atoms with Gasteiger partial charge in [-0.1, -0.05) is 52.6 Å². The van der Waals surface area contributed by atoms with E-state index in [0.29, 0.717) is 31.9 Å². The van der Waals surface area contributed by atoms with Crippen LogP contribution < -0.4 is 0 Å². The van der Waals surface area contributed by atoms with E-state index in [0.717, 1.165) is 11.1 Å². The smallest absolute Gasteiger partial charge is 0.277 e. The average Bonchev–Trinajstić information content (AvgIpc) is 2.96. The lowest BCUT2D eigenvalue weighted by Gasteiger charge is -2.04. The van der Waals surface area contributed by atoms with Crippen LogP contribution in [0.15, 0.2) is 52.1 Å². The lowest BCUT2D eigenvalue weighted by atomic mass is 10.2. The van der Waals surface area contributed by atoms with Gasteiger partial charge >= 0.3 is 0 Å². The number of hydrogen-bond acceptors (Lipinski definition) is 4. The van der Waals surface area contributed by atoms with Crippen LogP contribution in [0.25, 0.3) is 11.5 Å². The van der Waals surface area contributed by atoms with Crippen molar-refractivity contribution >= 4 is 46.6 Å². The summed E-state index contributed by atoms with van der Waals surface area (Å²) in [6.45, 7) is 0. The van der Waals surface area contributed by atoms with E-state index < -0.39 is 0 Å². The van der Waals surface area contributed by atoms with E-state index in [4.69, 9.17) is 39.2 Å². The van der Waals surface area contributed by atoms with E-state index in [1.165, 1.54) is 11.8 Å². The third-order valence-corrected chi connectivity index (χ3v) is 4.70. The summed E-state index contributed by atoms with van der Waals surface area (Å²) in [6, 6.07) is 12.6. The normalized spacial score (nSPS) is 10.9. The van der Waals surface area contributed by atoms with Crippen molar-refractivity contribution < 1.29 is 4.42 Å². The van der Waals surface area contributed by atoms with Crippen LogP contribution in [0, 0.1) is 0 Å². The van der Waals surface area contributed by atoms with Crippen molar-refractivity contribution in [2.75, 3.05) is 0 Å². The van der Waals surface area contributed by atoms with Gasteiger partial charge in [0.1, 0.15) is 0 Å². The minimum Gasteiger partial charge on any atom is -0.411 e. The minimum atomic E-state index is 0.449. The van der Waals surface area contributed by atoms with Gasteiger partial charge in [-0.25, -0.2) is 0 Å². The molecule has 0 unspecified atom stereocenters. The molecule has 0 saturated carbocycles. The Morgan fingerprint density at radius 2 is 1.59 bits per heavy atom. The van der Waals surface area contributed by atoms with Crippen molar-refractivity contribution in [3.05, 3.63) is 63.1 Å². The van der Waals surface area contributed by atoms with Crippen LogP contribution in [0.1, 0.15) is 5.56 Å². The fourth-order valence-electron chi connectivity index (χ4n) is 1.78. The van der Waals surface area contributed by atoms with E-state index in [1.54, 1.807) is 24.3 Å². The second-order valence-electron chi connectivity index (χ2n) is 4.37. The molecule has 0 spiro atoms. The highest BCUT2D eigenvalue weighted by molar-refractivity contribution is 7.98. The summed E-state index contributed by atoms with van der Waals surface area (Å²) < 4.78 is 5.62. The van der Waals surface area contributed by atoms with E-state index in [9.17, 15) is 0 Å². The molecule has 3 nitrogen and oxygen atoms in total. The largest absolute Gasteiger partial charge is 0.411 e. The predicted molar refractivity (Wildman–Crippen MR) is 90.8 cm³/mol. The number of thioether (sulfide) groups is 1. The van der Waals surface area contributed by atoms with Crippen molar-refractivity contribution in [3.63, 3.8) is 0 Å². The maximum absolute atomic E-state index is 6.13. The lowest BCUT2D eigenvalue weighted by molar-refractivity contribution is 0.466. The highest BCUT2D eigenvalue weighted by Gasteiger charge is 2.11. The molecule has 0 amide bonds. The quantitative estimate of drug-likeness (QED) is 0.528. The molecule has 0 aliphatic carbocycles. The first-order valence-electron chi connectivity index (χ1n) is 6.28. The van der Waals surface area contributed by atoms with E-state index >= 15 is 0 Å². The molecule has 0 aliphatic heterocycles. The molecule has 7 heteroatoms. The lowest BCUT2D eigenvalue weighted by Crippen LogP contribution is -1.84. The Kier molecular flexibility index (Phi) is 4.93. The topological polar surface area (TPSA) is 38.9 Å². The van der Waals surface area contributed by atoms with Gasteiger partial charge in [-0.15, -0.1) is 10.2 Å². The van der Waals surface area contributed by atoms with Gasteiger partial charge in [0.2, 0.25) is 5.89 Å². The first kappa shape index (κ1) is 15.7. The molecule has 0 aliphatic rings. The van der Waals surface area contributed by atoms with Crippen molar-refractivity contribution in [1.82, 2.24) is 10.2 Å². The molecule has 112 valence electrons. The minimum absolute atomic E-state index is 0.449. The number of hydrogen-bond donors (Lipinski definition) is 0. The summed E-state index contributed by atoms with van der Waals surface area (Å²) in [6.07, 6.45) is 0. The van der Waals surface area contributed by atoms with E-state index in [1.807, 2.05) is 18.2 Å². The van der Waals surface area contributed by atoms with Gasteiger partial charge in [0.15, 0.2) is 0 Å². The van der Waals surface area contributed by atoms with Crippen LogP contribution in [0.5, 0.6) is 0 Å². The summed E-state index contributed by atoms with van der Waals surface area (Å²) in [5, 5.41) is 10.4. The molecule has 0 N–H and O–H groups in total. The Morgan fingerprint density at radius 1 is 0.909 bits per heavy atom. The second kappa shape index (κ2) is 6.92. The summed E-state index contributed by atoms with van der Waals surface area (Å²) in [5.41, 5.74) is 1.67. The molecule has 2 aromatic carbocycles. The Labute approximate surface area is 146 Å². The van der Waals surface area contributed by atoms with Crippen LogP contribution in [-0.2, 0) is 5.75 Å². The van der Waals surface area contributed by atoms with Gasteiger partial charge in [-0.3, -0.25) is 0 Å². The van der Waals surface area contributed by atoms with Crippen LogP contribution in [0.2, 0.25) is 15.1 Å². The molecule has 1 heterocycles. The molecule has 3 rings (SSSR count). The molecule has 22 heavy (non-hydrogen) atoms. The zero-order valence-electron chi connectivity index (χ0n) is 11.1. The second-order valence-corrected chi connectivity index (χ2v) is 6.55. The third kappa shape index (κ3) is 3.58. The van der Waals surface area contributed by atoms with Crippen LogP contribution in [0.4, 0.5) is 0 Å².